The molecule has 102 valence electrons. The Labute approximate surface area is 127 Å². The van der Waals surface area contributed by atoms with Crippen molar-refractivity contribution < 1.29 is 0 Å². The number of hydrogen-bond acceptors (Lipinski definition) is 3. The summed E-state index contributed by atoms with van der Waals surface area (Å²) in [5, 5.41) is 3.64. The van der Waals surface area contributed by atoms with Gasteiger partial charge in [0.2, 0.25) is 0 Å². The summed E-state index contributed by atoms with van der Waals surface area (Å²) < 4.78 is 0. The molecule has 0 radical (unpaired) electrons. The molecule has 0 saturated carbocycles. The molecule has 3 rings (SSSR count). The zero-order valence-electron chi connectivity index (χ0n) is 11.4. The summed E-state index contributed by atoms with van der Waals surface area (Å²) in [6.07, 6.45) is 1.01. The lowest BCUT2D eigenvalue weighted by atomic mass is 10.1. The average Bonchev–Trinajstić information content (AvgIpc) is 2.91. The lowest BCUT2D eigenvalue weighted by molar-refractivity contribution is 0.684. The maximum absolute atomic E-state index is 6.42. The van der Waals surface area contributed by atoms with Gasteiger partial charge in [0.15, 0.2) is 0 Å². The van der Waals surface area contributed by atoms with Crippen molar-refractivity contribution >= 4 is 33.2 Å². The highest BCUT2D eigenvalue weighted by Gasteiger charge is 2.16. The average molecular weight is 303 g/mol. The molecule has 1 atom stereocenters. The summed E-state index contributed by atoms with van der Waals surface area (Å²) in [6.45, 7) is 4.26. The zero-order valence-corrected chi connectivity index (χ0v) is 13.0. The molecular formula is C16H15ClN2S. The van der Waals surface area contributed by atoms with Gasteiger partial charge < -0.3 is 0 Å². The smallest absolute Gasteiger partial charge is 0.142 e. The van der Waals surface area contributed by atoms with Crippen molar-refractivity contribution in [3.05, 3.63) is 46.7 Å². The van der Waals surface area contributed by atoms with Gasteiger partial charge in [-0.25, -0.2) is 9.97 Å². The van der Waals surface area contributed by atoms with E-state index >= 15 is 0 Å². The van der Waals surface area contributed by atoms with Crippen LogP contribution >= 0.6 is 22.9 Å². The van der Waals surface area contributed by atoms with Crippen LogP contribution in [0.2, 0.25) is 5.15 Å². The maximum atomic E-state index is 6.42. The molecule has 0 spiro atoms. The zero-order chi connectivity index (χ0) is 14.1. The van der Waals surface area contributed by atoms with E-state index in [9.17, 15) is 0 Å². The van der Waals surface area contributed by atoms with Crippen LogP contribution in [0.25, 0.3) is 21.3 Å². The molecule has 2 heterocycles. The van der Waals surface area contributed by atoms with Gasteiger partial charge in [0.1, 0.15) is 15.8 Å². The minimum Gasteiger partial charge on any atom is -0.222 e. The second-order valence-electron chi connectivity index (χ2n) is 4.88. The molecule has 1 aromatic carbocycles. The molecule has 3 aromatic rings. The first-order chi connectivity index (χ1) is 9.70. The summed E-state index contributed by atoms with van der Waals surface area (Å²) in [4.78, 5) is 10.1. The molecule has 0 aliphatic heterocycles. The lowest BCUT2D eigenvalue weighted by Gasteiger charge is -2.08. The predicted molar refractivity (Wildman–Crippen MR) is 86.6 cm³/mol. The molecule has 20 heavy (non-hydrogen) atoms. The van der Waals surface area contributed by atoms with E-state index in [4.69, 9.17) is 11.6 Å². The fraction of sp³-hybridized carbons (Fsp3) is 0.250. The van der Waals surface area contributed by atoms with E-state index < -0.39 is 0 Å². The van der Waals surface area contributed by atoms with Crippen molar-refractivity contribution in [1.82, 2.24) is 9.97 Å². The van der Waals surface area contributed by atoms with E-state index in [1.54, 1.807) is 11.3 Å². The third-order valence-electron chi connectivity index (χ3n) is 3.54. The summed E-state index contributed by atoms with van der Waals surface area (Å²) in [5.74, 6) is 1.17. The minimum absolute atomic E-state index is 0.333. The van der Waals surface area contributed by atoms with E-state index in [1.807, 2.05) is 18.2 Å². The van der Waals surface area contributed by atoms with Gasteiger partial charge in [-0.1, -0.05) is 55.8 Å². The quantitative estimate of drug-likeness (QED) is 0.595. The van der Waals surface area contributed by atoms with Crippen molar-refractivity contribution in [2.45, 2.75) is 26.2 Å². The van der Waals surface area contributed by atoms with Crippen LogP contribution in [0.4, 0.5) is 0 Å². The number of halogens is 1. The Morgan fingerprint density at radius 1 is 1.20 bits per heavy atom. The van der Waals surface area contributed by atoms with Crippen LogP contribution in [0.5, 0.6) is 0 Å². The van der Waals surface area contributed by atoms with E-state index in [-0.39, 0.29) is 0 Å². The standard InChI is InChI=1S/C16H15ClN2S/c1-3-10(2)15-18-14(17)13-12(9-20-16(13)19-15)11-7-5-4-6-8-11/h4-10H,3H2,1-2H3. The third kappa shape index (κ3) is 2.32. The minimum atomic E-state index is 0.333. The molecule has 1 unspecified atom stereocenters. The van der Waals surface area contributed by atoms with Gasteiger partial charge >= 0.3 is 0 Å². The van der Waals surface area contributed by atoms with Crippen molar-refractivity contribution in [1.29, 1.82) is 0 Å². The highest BCUT2D eigenvalue weighted by molar-refractivity contribution is 7.17. The fourth-order valence-corrected chi connectivity index (χ4v) is 3.44. The van der Waals surface area contributed by atoms with Gasteiger partial charge in [0.25, 0.3) is 0 Å². The molecule has 0 amide bonds. The number of aromatic nitrogens is 2. The fourth-order valence-electron chi connectivity index (χ4n) is 2.15. The van der Waals surface area contributed by atoms with E-state index in [1.165, 1.54) is 0 Å². The van der Waals surface area contributed by atoms with Crippen LogP contribution in [0.3, 0.4) is 0 Å². The van der Waals surface area contributed by atoms with Crippen molar-refractivity contribution in [3.8, 4) is 11.1 Å². The number of nitrogens with zero attached hydrogens (tertiary/aromatic N) is 2. The maximum Gasteiger partial charge on any atom is 0.142 e. The Kier molecular flexibility index (Phi) is 3.72. The molecule has 0 aliphatic carbocycles. The third-order valence-corrected chi connectivity index (χ3v) is 4.69. The number of rotatable bonds is 3. The van der Waals surface area contributed by atoms with Crippen LogP contribution in [0.15, 0.2) is 35.7 Å². The topological polar surface area (TPSA) is 25.8 Å². The molecule has 0 fully saturated rings. The number of fused-ring (bicyclic) bond motifs is 1. The van der Waals surface area contributed by atoms with Crippen LogP contribution < -0.4 is 0 Å². The number of thiophene rings is 1. The van der Waals surface area contributed by atoms with Crippen LogP contribution in [0, 0.1) is 0 Å². The Balaban J connectivity index is 2.19. The molecular weight excluding hydrogens is 288 g/mol. The Bertz CT molecular complexity index is 737. The highest BCUT2D eigenvalue weighted by atomic mass is 35.5. The largest absolute Gasteiger partial charge is 0.222 e. The van der Waals surface area contributed by atoms with Gasteiger partial charge in [-0.15, -0.1) is 11.3 Å². The van der Waals surface area contributed by atoms with Crippen molar-refractivity contribution in [2.75, 3.05) is 0 Å². The van der Waals surface area contributed by atoms with Gasteiger partial charge in [0, 0.05) is 16.9 Å². The summed E-state index contributed by atoms with van der Waals surface area (Å²) in [7, 11) is 0. The Hall–Kier alpha value is -1.45. The van der Waals surface area contributed by atoms with Gasteiger partial charge in [0.05, 0.1) is 5.39 Å². The summed E-state index contributed by atoms with van der Waals surface area (Å²) in [5.41, 5.74) is 2.27. The van der Waals surface area contributed by atoms with Crippen molar-refractivity contribution in [3.63, 3.8) is 0 Å². The number of hydrogen-bond donors (Lipinski definition) is 0. The monoisotopic (exact) mass is 302 g/mol. The SMILES string of the molecule is CCC(C)c1nc(Cl)c2c(-c3ccccc3)csc2n1. The second kappa shape index (κ2) is 5.51. The van der Waals surface area contributed by atoms with Crippen LogP contribution in [-0.2, 0) is 0 Å². The molecule has 0 aliphatic rings. The second-order valence-corrected chi connectivity index (χ2v) is 6.09. The van der Waals surface area contributed by atoms with E-state index in [2.05, 4.69) is 41.3 Å². The first kappa shape index (κ1) is 13.5. The predicted octanol–water partition coefficient (Wildman–Crippen LogP) is 5.53. The first-order valence-corrected chi connectivity index (χ1v) is 7.96. The Morgan fingerprint density at radius 3 is 2.65 bits per heavy atom. The number of benzene rings is 1. The lowest BCUT2D eigenvalue weighted by Crippen LogP contribution is -1.99. The van der Waals surface area contributed by atoms with Crippen LogP contribution in [-0.4, -0.2) is 9.97 Å². The first-order valence-electron chi connectivity index (χ1n) is 6.70. The van der Waals surface area contributed by atoms with Crippen molar-refractivity contribution in [2.24, 2.45) is 0 Å². The Morgan fingerprint density at radius 2 is 1.95 bits per heavy atom. The molecule has 2 nitrogen and oxygen atoms in total. The molecule has 0 bridgehead atoms. The normalized spacial score (nSPS) is 12.8. The van der Waals surface area contributed by atoms with Crippen LogP contribution in [0.1, 0.15) is 32.0 Å². The highest BCUT2D eigenvalue weighted by Crippen LogP contribution is 2.37. The van der Waals surface area contributed by atoms with Gasteiger partial charge in [-0.2, -0.15) is 0 Å². The molecule has 2 aromatic heterocycles. The molecule has 0 N–H and O–H groups in total. The van der Waals surface area contributed by atoms with E-state index in [0.29, 0.717) is 11.1 Å². The van der Waals surface area contributed by atoms with Gasteiger partial charge in [-0.05, 0) is 12.0 Å². The molecule has 0 saturated heterocycles. The van der Waals surface area contributed by atoms with E-state index in [0.717, 1.165) is 33.6 Å². The van der Waals surface area contributed by atoms with Gasteiger partial charge in [-0.3, -0.25) is 0 Å². The summed E-state index contributed by atoms with van der Waals surface area (Å²) in [6, 6.07) is 10.2. The molecule has 4 heteroatoms. The summed E-state index contributed by atoms with van der Waals surface area (Å²) >= 11 is 8.04.